The second kappa shape index (κ2) is 3.43. The van der Waals surface area contributed by atoms with Gasteiger partial charge in [0.15, 0.2) is 4.34 Å². The van der Waals surface area contributed by atoms with E-state index in [0.717, 1.165) is 31.4 Å². The summed E-state index contributed by atoms with van der Waals surface area (Å²) in [4.78, 5) is 14.5. The van der Waals surface area contributed by atoms with Crippen molar-refractivity contribution in [2.24, 2.45) is 7.05 Å². The fourth-order valence-electron chi connectivity index (χ4n) is 1.79. The Morgan fingerprint density at radius 3 is 2.88 bits per heavy atom. The van der Waals surface area contributed by atoms with Gasteiger partial charge in [0.05, 0.1) is 17.5 Å². The van der Waals surface area contributed by atoms with E-state index in [1.807, 2.05) is 31.1 Å². The van der Waals surface area contributed by atoms with Crippen LogP contribution in [0.15, 0.2) is 10.7 Å². The molecule has 0 aliphatic heterocycles. The van der Waals surface area contributed by atoms with Crippen molar-refractivity contribution in [3.05, 3.63) is 12.0 Å². The molecule has 0 unspecified atom stereocenters. The number of fused-ring (bicyclic) bond motifs is 3. The van der Waals surface area contributed by atoms with Gasteiger partial charge in [-0.05, 0) is 13.2 Å². The molecular formula is C10H10N4S2. The van der Waals surface area contributed by atoms with E-state index in [0.29, 0.717) is 0 Å². The molecule has 6 heteroatoms. The molecular weight excluding hydrogens is 240 g/mol. The van der Waals surface area contributed by atoms with E-state index in [1.165, 1.54) is 0 Å². The van der Waals surface area contributed by atoms with Crippen LogP contribution in [-0.4, -0.2) is 25.8 Å². The Balaban J connectivity index is 2.55. The Hall–Kier alpha value is -1.14. The number of aryl methyl sites for hydroxylation is 2. The zero-order valence-corrected chi connectivity index (χ0v) is 10.8. The zero-order valence-electron chi connectivity index (χ0n) is 9.18. The first-order chi connectivity index (χ1) is 7.70. The van der Waals surface area contributed by atoms with Crippen LogP contribution < -0.4 is 0 Å². The molecule has 0 aliphatic carbocycles. The maximum atomic E-state index is 4.59. The average Bonchev–Trinajstić information content (AvgIpc) is 2.82. The van der Waals surface area contributed by atoms with E-state index in [-0.39, 0.29) is 0 Å². The largest absolute Gasteiger partial charge is 0.332 e. The van der Waals surface area contributed by atoms with Gasteiger partial charge in [0.2, 0.25) is 0 Å². The number of nitrogens with zero attached hydrogens (tertiary/aromatic N) is 4. The van der Waals surface area contributed by atoms with Gasteiger partial charge < -0.3 is 4.57 Å². The summed E-state index contributed by atoms with van der Waals surface area (Å²) in [5.74, 6) is 0. The van der Waals surface area contributed by atoms with Crippen LogP contribution in [0.2, 0.25) is 0 Å². The summed E-state index contributed by atoms with van der Waals surface area (Å²) in [5, 5.41) is 0. The Morgan fingerprint density at radius 1 is 1.31 bits per heavy atom. The van der Waals surface area contributed by atoms with Crippen LogP contribution in [0.3, 0.4) is 0 Å². The normalized spacial score (nSPS) is 11.7. The number of aromatic nitrogens is 4. The molecule has 0 fully saturated rings. The van der Waals surface area contributed by atoms with Crippen LogP contribution in [0.5, 0.6) is 0 Å². The minimum Gasteiger partial charge on any atom is -0.332 e. The second-order valence-electron chi connectivity index (χ2n) is 3.59. The zero-order chi connectivity index (χ0) is 11.3. The Labute approximate surface area is 101 Å². The smallest absolute Gasteiger partial charge is 0.152 e. The average molecular weight is 250 g/mol. The molecule has 0 amide bonds. The third-order valence-electron chi connectivity index (χ3n) is 2.54. The van der Waals surface area contributed by atoms with Crippen LogP contribution in [0.25, 0.3) is 21.4 Å². The van der Waals surface area contributed by atoms with Crippen LogP contribution in [0, 0.1) is 6.92 Å². The van der Waals surface area contributed by atoms with Gasteiger partial charge in [0, 0.05) is 7.05 Å². The first kappa shape index (κ1) is 10.0. The predicted molar refractivity (Wildman–Crippen MR) is 68.2 cm³/mol. The van der Waals surface area contributed by atoms with Crippen molar-refractivity contribution in [2.45, 2.75) is 11.3 Å². The summed E-state index contributed by atoms with van der Waals surface area (Å²) in [6.45, 7) is 1.99. The van der Waals surface area contributed by atoms with E-state index in [1.54, 1.807) is 23.1 Å². The molecule has 3 aromatic heterocycles. The van der Waals surface area contributed by atoms with E-state index in [2.05, 4.69) is 15.0 Å². The van der Waals surface area contributed by atoms with Gasteiger partial charge >= 0.3 is 0 Å². The van der Waals surface area contributed by atoms with E-state index in [9.17, 15) is 0 Å². The molecule has 0 atom stereocenters. The van der Waals surface area contributed by atoms with Gasteiger partial charge in [0.25, 0.3) is 0 Å². The van der Waals surface area contributed by atoms with Crippen LogP contribution in [-0.2, 0) is 7.05 Å². The van der Waals surface area contributed by atoms with Gasteiger partial charge in [-0.25, -0.2) is 15.0 Å². The van der Waals surface area contributed by atoms with Gasteiger partial charge in [0.1, 0.15) is 15.9 Å². The summed E-state index contributed by atoms with van der Waals surface area (Å²) in [5.41, 5.74) is 3.97. The van der Waals surface area contributed by atoms with E-state index < -0.39 is 0 Å². The molecule has 0 saturated carbocycles. The maximum absolute atomic E-state index is 4.59. The molecule has 0 aromatic carbocycles. The number of imidazole rings is 1. The lowest BCUT2D eigenvalue weighted by Gasteiger charge is -1.97. The minimum atomic E-state index is 0.952. The van der Waals surface area contributed by atoms with Crippen LogP contribution in [0.4, 0.5) is 0 Å². The standard InChI is InChI=1S/C10H10N4S2/c1-5-6-8(14(2)4-11-6)7-9(12-5)16-10(13-7)15-3/h4H,1-3H3. The molecule has 0 radical (unpaired) electrons. The number of hydrogen-bond donors (Lipinski definition) is 0. The molecule has 82 valence electrons. The highest BCUT2D eigenvalue weighted by atomic mass is 32.2. The molecule has 16 heavy (non-hydrogen) atoms. The molecule has 3 aromatic rings. The third-order valence-corrected chi connectivity index (χ3v) is 4.47. The summed E-state index contributed by atoms with van der Waals surface area (Å²) < 4.78 is 3.06. The van der Waals surface area contributed by atoms with Crippen molar-refractivity contribution < 1.29 is 0 Å². The molecule has 4 nitrogen and oxygen atoms in total. The van der Waals surface area contributed by atoms with Crippen molar-refractivity contribution in [3.8, 4) is 0 Å². The monoisotopic (exact) mass is 250 g/mol. The Kier molecular flexibility index (Phi) is 2.15. The molecule has 0 saturated heterocycles. The molecule has 3 rings (SSSR count). The Bertz CT molecular complexity index is 683. The van der Waals surface area contributed by atoms with Gasteiger partial charge in [-0.3, -0.25) is 0 Å². The fourth-order valence-corrected chi connectivity index (χ4v) is 3.27. The van der Waals surface area contributed by atoms with Crippen molar-refractivity contribution in [3.63, 3.8) is 0 Å². The van der Waals surface area contributed by atoms with Crippen molar-refractivity contribution >= 4 is 44.5 Å². The number of thioether (sulfide) groups is 1. The second-order valence-corrected chi connectivity index (χ2v) is 5.62. The van der Waals surface area contributed by atoms with E-state index >= 15 is 0 Å². The van der Waals surface area contributed by atoms with Crippen molar-refractivity contribution in [1.29, 1.82) is 0 Å². The summed E-state index contributed by atoms with van der Waals surface area (Å²) in [6, 6.07) is 0. The lowest BCUT2D eigenvalue weighted by molar-refractivity contribution is 0.949. The number of rotatable bonds is 1. The molecule has 0 bridgehead atoms. The van der Waals surface area contributed by atoms with Gasteiger partial charge in [-0.2, -0.15) is 0 Å². The lowest BCUT2D eigenvalue weighted by atomic mass is 10.3. The lowest BCUT2D eigenvalue weighted by Crippen LogP contribution is -1.89. The van der Waals surface area contributed by atoms with Crippen molar-refractivity contribution in [1.82, 2.24) is 19.5 Å². The maximum Gasteiger partial charge on any atom is 0.152 e. The molecule has 3 heterocycles. The number of pyridine rings is 1. The summed E-state index contributed by atoms with van der Waals surface area (Å²) >= 11 is 3.29. The topological polar surface area (TPSA) is 43.6 Å². The summed E-state index contributed by atoms with van der Waals surface area (Å²) in [6.07, 6.45) is 3.85. The molecule has 0 N–H and O–H groups in total. The van der Waals surface area contributed by atoms with Crippen LogP contribution >= 0.6 is 23.1 Å². The Morgan fingerprint density at radius 2 is 2.12 bits per heavy atom. The van der Waals surface area contributed by atoms with Crippen LogP contribution in [0.1, 0.15) is 5.69 Å². The molecule has 0 spiro atoms. The quantitative estimate of drug-likeness (QED) is 0.623. The number of hydrogen-bond acceptors (Lipinski definition) is 5. The van der Waals surface area contributed by atoms with E-state index in [4.69, 9.17) is 0 Å². The highest BCUT2D eigenvalue weighted by Crippen LogP contribution is 2.31. The highest BCUT2D eigenvalue weighted by Gasteiger charge is 2.14. The first-order valence-corrected chi connectivity index (χ1v) is 6.87. The number of thiazole rings is 1. The van der Waals surface area contributed by atoms with Crippen molar-refractivity contribution in [2.75, 3.05) is 6.26 Å². The minimum absolute atomic E-state index is 0.952. The molecule has 0 aliphatic rings. The van der Waals surface area contributed by atoms with Gasteiger partial charge in [-0.1, -0.05) is 23.1 Å². The predicted octanol–water partition coefficient (Wildman–Crippen LogP) is 2.61. The summed E-state index contributed by atoms with van der Waals surface area (Å²) in [7, 11) is 1.99. The third kappa shape index (κ3) is 1.26. The SMILES string of the molecule is CSc1nc2c(nc(C)c3ncn(C)c32)s1. The first-order valence-electron chi connectivity index (χ1n) is 4.83. The van der Waals surface area contributed by atoms with Gasteiger partial charge in [-0.15, -0.1) is 0 Å². The highest BCUT2D eigenvalue weighted by molar-refractivity contribution is 8.00. The fraction of sp³-hybridized carbons (Fsp3) is 0.300.